The lowest BCUT2D eigenvalue weighted by atomic mass is 10.1. The molecule has 0 aromatic heterocycles. The molecule has 11 heavy (non-hydrogen) atoms. The Morgan fingerprint density at radius 1 is 1.64 bits per heavy atom. The number of carbonyl (C=O) groups excluding carboxylic acids is 1. The van der Waals surface area contributed by atoms with E-state index in [-0.39, 0.29) is 11.7 Å². The van der Waals surface area contributed by atoms with Gasteiger partial charge in [0.05, 0.1) is 5.92 Å². The van der Waals surface area contributed by atoms with Crippen molar-refractivity contribution < 1.29 is 10.0 Å². The van der Waals surface area contributed by atoms with E-state index in [1.54, 1.807) is 21.0 Å². The Morgan fingerprint density at radius 2 is 2.09 bits per heavy atom. The van der Waals surface area contributed by atoms with Gasteiger partial charge in [0.2, 0.25) is 5.91 Å². The van der Waals surface area contributed by atoms with Crippen molar-refractivity contribution in [1.29, 1.82) is 0 Å². The van der Waals surface area contributed by atoms with Crippen LogP contribution in [0.2, 0.25) is 0 Å². The third-order valence-electron chi connectivity index (χ3n) is 1.37. The summed E-state index contributed by atoms with van der Waals surface area (Å²) in [5, 5.41) is 11.0. The van der Waals surface area contributed by atoms with Gasteiger partial charge in [0.25, 0.3) is 0 Å². The zero-order chi connectivity index (χ0) is 9.02. The molecule has 0 aliphatic heterocycles. The molecule has 1 amide bonds. The average Bonchev–Trinajstić information content (AvgIpc) is 2.00. The molecule has 5 nitrogen and oxygen atoms in total. The second-order valence-corrected chi connectivity index (χ2v) is 2.48. The van der Waals surface area contributed by atoms with E-state index in [0.29, 0.717) is 0 Å². The van der Waals surface area contributed by atoms with Gasteiger partial charge in [0, 0.05) is 14.1 Å². The number of hydrogen-bond acceptors (Lipinski definition) is 3. The average molecular weight is 159 g/mol. The van der Waals surface area contributed by atoms with Crippen LogP contribution in [-0.4, -0.2) is 35.9 Å². The van der Waals surface area contributed by atoms with Crippen LogP contribution in [0.3, 0.4) is 0 Å². The van der Waals surface area contributed by atoms with Crippen LogP contribution in [0.1, 0.15) is 6.92 Å². The van der Waals surface area contributed by atoms with Gasteiger partial charge in [-0.05, 0) is 6.92 Å². The third kappa shape index (κ3) is 2.45. The van der Waals surface area contributed by atoms with Crippen molar-refractivity contribution in [3.8, 4) is 0 Å². The Hall–Kier alpha value is -1.26. The standard InChI is InChI=1S/C6H13N3O2/c1-4(5(7)8-11)6(10)9(2)3/h4,11H,1-3H3,(H2,7,8). The topological polar surface area (TPSA) is 78.9 Å². The molecule has 0 aromatic carbocycles. The maximum Gasteiger partial charge on any atom is 0.232 e. The summed E-state index contributed by atoms with van der Waals surface area (Å²) in [6, 6.07) is 0. The van der Waals surface area contributed by atoms with Crippen molar-refractivity contribution in [3.63, 3.8) is 0 Å². The molecule has 0 aromatic rings. The maximum atomic E-state index is 11.1. The second-order valence-electron chi connectivity index (χ2n) is 2.48. The molecule has 3 N–H and O–H groups in total. The van der Waals surface area contributed by atoms with Crippen molar-refractivity contribution in [1.82, 2.24) is 4.90 Å². The van der Waals surface area contributed by atoms with Gasteiger partial charge in [-0.15, -0.1) is 0 Å². The molecule has 0 saturated carbocycles. The lowest BCUT2D eigenvalue weighted by Crippen LogP contribution is -2.36. The minimum Gasteiger partial charge on any atom is -0.409 e. The van der Waals surface area contributed by atoms with Gasteiger partial charge < -0.3 is 15.8 Å². The molecule has 0 rings (SSSR count). The molecule has 0 fully saturated rings. The third-order valence-corrected chi connectivity index (χ3v) is 1.37. The van der Waals surface area contributed by atoms with Crippen molar-refractivity contribution in [2.75, 3.05) is 14.1 Å². The number of amidine groups is 1. The van der Waals surface area contributed by atoms with E-state index in [1.165, 1.54) is 4.90 Å². The van der Waals surface area contributed by atoms with Crippen LogP contribution < -0.4 is 5.73 Å². The van der Waals surface area contributed by atoms with Gasteiger partial charge in [-0.3, -0.25) is 4.79 Å². The molecule has 0 aliphatic rings. The predicted molar refractivity (Wildman–Crippen MR) is 41.3 cm³/mol. The molecular weight excluding hydrogens is 146 g/mol. The quantitative estimate of drug-likeness (QED) is 0.246. The molecule has 64 valence electrons. The normalized spacial score (nSPS) is 14.3. The fourth-order valence-electron chi connectivity index (χ4n) is 0.600. The Balaban J connectivity index is 4.25. The number of carbonyl (C=O) groups is 1. The highest BCUT2D eigenvalue weighted by Gasteiger charge is 2.18. The number of oxime groups is 1. The summed E-state index contributed by atoms with van der Waals surface area (Å²) in [5.74, 6) is -0.806. The lowest BCUT2D eigenvalue weighted by molar-refractivity contribution is -0.130. The Kier molecular flexibility index (Phi) is 3.36. The van der Waals surface area contributed by atoms with Gasteiger partial charge in [0.15, 0.2) is 5.84 Å². The predicted octanol–water partition coefficient (Wildman–Crippen LogP) is -0.543. The SMILES string of the molecule is CC(C(=O)N(C)C)/C(N)=N/O. The molecule has 1 atom stereocenters. The van der Waals surface area contributed by atoms with Crippen LogP contribution in [0.5, 0.6) is 0 Å². The number of rotatable bonds is 2. The number of hydrogen-bond donors (Lipinski definition) is 2. The highest BCUT2D eigenvalue weighted by molar-refractivity contribution is 6.01. The van der Waals surface area contributed by atoms with Crippen molar-refractivity contribution >= 4 is 11.7 Å². The van der Waals surface area contributed by atoms with Gasteiger partial charge >= 0.3 is 0 Å². The first kappa shape index (κ1) is 9.74. The van der Waals surface area contributed by atoms with Crippen LogP contribution in [0.4, 0.5) is 0 Å². The van der Waals surface area contributed by atoms with Crippen LogP contribution in [0, 0.1) is 5.92 Å². The van der Waals surface area contributed by atoms with Crippen molar-refractivity contribution in [2.45, 2.75) is 6.92 Å². The van der Waals surface area contributed by atoms with E-state index < -0.39 is 5.92 Å². The number of nitrogens with zero attached hydrogens (tertiary/aromatic N) is 2. The summed E-state index contributed by atoms with van der Waals surface area (Å²) in [5.41, 5.74) is 5.21. The zero-order valence-electron chi connectivity index (χ0n) is 6.90. The van der Waals surface area contributed by atoms with Gasteiger partial charge in [-0.2, -0.15) is 0 Å². The Bertz CT molecular complexity index is 177. The van der Waals surface area contributed by atoms with Crippen molar-refractivity contribution in [3.05, 3.63) is 0 Å². The lowest BCUT2D eigenvalue weighted by Gasteiger charge is -2.14. The van der Waals surface area contributed by atoms with E-state index in [0.717, 1.165) is 0 Å². The van der Waals surface area contributed by atoms with E-state index >= 15 is 0 Å². The van der Waals surface area contributed by atoms with Gasteiger partial charge in [-0.25, -0.2) is 0 Å². The molecule has 1 unspecified atom stereocenters. The van der Waals surface area contributed by atoms with Crippen LogP contribution in [0.25, 0.3) is 0 Å². The minimum absolute atomic E-state index is 0.0660. The smallest absolute Gasteiger partial charge is 0.232 e. The van der Waals surface area contributed by atoms with Gasteiger partial charge in [0.1, 0.15) is 0 Å². The molecule has 0 spiro atoms. The number of nitrogens with two attached hydrogens (primary N) is 1. The molecule has 0 saturated heterocycles. The largest absolute Gasteiger partial charge is 0.409 e. The molecule has 0 bridgehead atoms. The highest BCUT2D eigenvalue weighted by Crippen LogP contribution is 1.98. The zero-order valence-corrected chi connectivity index (χ0v) is 6.90. The summed E-state index contributed by atoms with van der Waals surface area (Å²) in [7, 11) is 3.23. The Labute approximate surface area is 65.5 Å². The van der Waals surface area contributed by atoms with E-state index in [4.69, 9.17) is 10.9 Å². The van der Waals surface area contributed by atoms with Gasteiger partial charge in [-0.1, -0.05) is 5.16 Å². The van der Waals surface area contributed by atoms with Crippen LogP contribution in [-0.2, 0) is 4.79 Å². The summed E-state index contributed by atoms with van der Waals surface area (Å²) >= 11 is 0. The van der Waals surface area contributed by atoms with E-state index in [1.807, 2.05) is 0 Å². The van der Waals surface area contributed by atoms with Crippen LogP contribution >= 0.6 is 0 Å². The van der Waals surface area contributed by atoms with Crippen molar-refractivity contribution in [2.24, 2.45) is 16.8 Å². The Morgan fingerprint density at radius 3 is 2.36 bits per heavy atom. The molecule has 0 heterocycles. The highest BCUT2D eigenvalue weighted by atomic mass is 16.4. The monoisotopic (exact) mass is 159 g/mol. The first-order valence-corrected chi connectivity index (χ1v) is 3.19. The summed E-state index contributed by atoms with van der Waals surface area (Å²) in [4.78, 5) is 12.5. The fourth-order valence-corrected chi connectivity index (χ4v) is 0.600. The maximum absolute atomic E-state index is 11.1. The second kappa shape index (κ2) is 3.80. The minimum atomic E-state index is -0.560. The van der Waals surface area contributed by atoms with Crippen LogP contribution in [0.15, 0.2) is 5.16 Å². The first-order valence-electron chi connectivity index (χ1n) is 3.19. The summed E-state index contributed by atoms with van der Waals surface area (Å²) < 4.78 is 0. The number of amides is 1. The molecular formula is C6H13N3O2. The molecule has 0 radical (unpaired) electrons. The fraction of sp³-hybridized carbons (Fsp3) is 0.667. The summed E-state index contributed by atoms with van der Waals surface area (Å²) in [6.07, 6.45) is 0. The molecule has 5 heteroatoms. The summed E-state index contributed by atoms with van der Waals surface area (Å²) in [6.45, 7) is 1.58. The first-order chi connectivity index (χ1) is 5.00. The van der Waals surface area contributed by atoms with E-state index in [9.17, 15) is 4.79 Å². The molecule has 0 aliphatic carbocycles. The van der Waals surface area contributed by atoms with E-state index in [2.05, 4.69) is 5.16 Å².